The molecule has 1 unspecified atom stereocenters. The Kier molecular flexibility index (Phi) is 3.68. The van der Waals surface area contributed by atoms with Gasteiger partial charge in [-0.3, -0.25) is 9.59 Å². The number of fused-ring (bicyclic) bond motifs is 1. The van der Waals surface area contributed by atoms with E-state index in [2.05, 4.69) is 16.0 Å². The van der Waals surface area contributed by atoms with E-state index in [0.717, 1.165) is 49.2 Å². The number of benzene rings is 1. The molecule has 0 saturated carbocycles. The molecule has 2 aliphatic rings. The molecule has 2 heterocycles. The Hall–Kier alpha value is -1.88. The Morgan fingerprint density at radius 3 is 2.90 bits per heavy atom. The summed E-state index contributed by atoms with van der Waals surface area (Å²) in [6.45, 7) is 2.85. The standard InChI is InChI=1S/C16H21N3O2/c1-16(8-2-3-9-17-16)15(21)18-12-5-6-13-11(10-12)4-7-14(20)19-13/h5-6,10,17H,2-4,7-9H2,1H3,(H,18,21)(H,19,20). The van der Waals surface area contributed by atoms with Crippen LogP contribution in [0.3, 0.4) is 0 Å². The van der Waals surface area contributed by atoms with Crippen LogP contribution in [-0.2, 0) is 16.0 Å². The second-order valence-corrected chi connectivity index (χ2v) is 6.09. The minimum Gasteiger partial charge on any atom is -0.326 e. The second-order valence-electron chi connectivity index (χ2n) is 6.09. The molecule has 1 atom stereocenters. The van der Waals surface area contributed by atoms with Crippen LogP contribution in [0.1, 0.15) is 38.2 Å². The monoisotopic (exact) mass is 287 g/mol. The number of aryl methyl sites for hydroxylation is 1. The molecule has 112 valence electrons. The first-order chi connectivity index (χ1) is 10.1. The van der Waals surface area contributed by atoms with Crippen molar-refractivity contribution in [2.24, 2.45) is 0 Å². The summed E-state index contributed by atoms with van der Waals surface area (Å²) >= 11 is 0. The van der Waals surface area contributed by atoms with Gasteiger partial charge in [0.15, 0.2) is 0 Å². The average molecular weight is 287 g/mol. The predicted octanol–water partition coefficient (Wildman–Crippen LogP) is 2.04. The van der Waals surface area contributed by atoms with Crippen molar-refractivity contribution in [1.82, 2.24) is 5.32 Å². The molecule has 1 fully saturated rings. The topological polar surface area (TPSA) is 70.2 Å². The van der Waals surface area contributed by atoms with Crippen molar-refractivity contribution < 1.29 is 9.59 Å². The highest BCUT2D eigenvalue weighted by Gasteiger charge is 2.34. The highest BCUT2D eigenvalue weighted by atomic mass is 16.2. The molecule has 0 aliphatic carbocycles. The minimum absolute atomic E-state index is 0.0157. The van der Waals surface area contributed by atoms with Crippen LogP contribution in [0.2, 0.25) is 0 Å². The van der Waals surface area contributed by atoms with Crippen LogP contribution in [-0.4, -0.2) is 23.9 Å². The van der Waals surface area contributed by atoms with E-state index < -0.39 is 5.54 Å². The smallest absolute Gasteiger partial charge is 0.244 e. The van der Waals surface area contributed by atoms with Crippen LogP contribution in [0.15, 0.2) is 18.2 Å². The average Bonchev–Trinajstić information content (AvgIpc) is 2.48. The molecule has 5 heteroatoms. The molecule has 1 saturated heterocycles. The fourth-order valence-corrected chi connectivity index (χ4v) is 2.98. The second kappa shape index (κ2) is 5.48. The third-order valence-corrected chi connectivity index (χ3v) is 4.38. The molecule has 1 aromatic rings. The Bertz CT molecular complexity index is 577. The highest BCUT2D eigenvalue weighted by molar-refractivity contribution is 5.99. The SMILES string of the molecule is CC1(C(=O)Nc2ccc3c(c2)CCC(=O)N3)CCCCN1. The maximum Gasteiger partial charge on any atom is 0.244 e. The predicted molar refractivity (Wildman–Crippen MR) is 82.3 cm³/mol. The molecule has 21 heavy (non-hydrogen) atoms. The number of amides is 2. The maximum atomic E-state index is 12.5. The van der Waals surface area contributed by atoms with Gasteiger partial charge in [0.2, 0.25) is 11.8 Å². The third-order valence-electron chi connectivity index (χ3n) is 4.38. The van der Waals surface area contributed by atoms with Crippen LogP contribution < -0.4 is 16.0 Å². The molecular formula is C16H21N3O2. The third kappa shape index (κ3) is 2.93. The first kappa shape index (κ1) is 14.1. The van der Waals surface area contributed by atoms with Gasteiger partial charge in [0.1, 0.15) is 0 Å². The normalized spacial score (nSPS) is 24.9. The zero-order valence-electron chi connectivity index (χ0n) is 12.3. The fraction of sp³-hybridized carbons (Fsp3) is 0.500. The van der Waals surface area contributed by atoms with Crippen LogP contribution >= 0.6 is 0 Å². The lowest BCUT2D eigenvalue weighted by atomic mass is 9.90. The molecule has 2 aliphatic heterocycles. The number of hydrogen-bond acceptors (Lipinski definition) is 3. The van der Waals surface area contributed by atoms with Gasteiger partial charge in [-0.25, -0.2) is 0 Å². The molecule has 1 aromatic carbocycles. The molecule has 0 spiro atoms. The van der Waals surface area contributed by atoms with E-state index in [0.29, 0.717) is 6.42 Å². The van der Waals surface area contributed by atoms with Gasteiger partial charge in [0.05, 0.1) is 5.54 Å². The van der Waals surface area contributed by atoms with Crippen molar-refractivity contribution in [3.8, 4) is 0 Å². The Labute approximate surface area is 124 Å². The van der Waals surface area contributed by atoms with Gasteiger partial charge in [-0.05, 0) is 62.9 Å². The van der Waals surface area contributed by atoms with Crippen LogP contribution in [0.5, 0.6) is 0 Å². The largest absolute Gasteiger partial charge is 0.326 e. The van der Waals surface area contributed by atoms with E-state index in [-0.39, 0.29) is 11.8 Å². The molecule has 3 N–H and O–H groups in total. The Balaban J connectivity index is 1.73. The summed E-state index contributed by atoms with van der Waals surface area (Å²) < 4.78 is 0. The summed E-state index contributed by atoms with van der Waals surface area (Å²) in [6.07, 6.45) is 4.29. The van der Waals surface area contributed by atoms with Gasteiger partial charge in [0, 0.05) is 17.8 Å². The molecule has 3 rings (SSSR count). The summed E-state index contributed by atoms with van der Waals surface area (Å²) in [5.41, 5.74) is 2.24. The number of nitrogens with one attached hydrogen (secondary N) is 3. The lowest BCUT2D eigenvalue weighted by molar-refractivity contribution is -0.122. The molecule has 0 bridgehead atoms. The Morgan fingerprint density at radius 1 is 1.29 bits per heavy atom. The van der Waals surface area contributed by atoms with Crippen LogP contribution in [0.25, 0.3) is 0 Å². The van der Waals surface area contributed by atoms with Gasteiger partial charge in [-0.15, -0.1) is 0 Å². The van der Waals surface area contributed by atoms with Crippen LogP contribution in [0.4, 0.5) is 11.4 Å². The van der Waals surface area contributed by atoms with E-state index in [1.165, 1.54) is 0 Å². The zero-order valence-corrected chi connectivity index (χ0v) is 12.3. The van der Waals surface area contributed by atoms with Gasteiger partial charge in [0.25, 0.3) is 0 Å². The van der Waals surface area contributed by atoms with Crippen molar-refractivity contribution in [3.63, 3.8) is 0 Å². The van der Waals surface area contributed by atoms with Crippen molar-refractivity contribution in [1.29, 1.82) is 0 Å². The first-order valence-corrected chi connectivity index (χ1v) is 7.56. The van der Waals surface area contributed by atoms with E-state index in [9.17, 15) is 9.59 Å². The maximum absolute atomic E-state index is 12.5. The van der Waals surface area contributed by atoms with Crippen molar-refractivity contribution >= 4 is 23.2 Å². The molecule has 2 amide bonds. The Morgan fingerprint density at radius 2 is 2.14 bits per heavy atom. The summed E-state index contributed by atoms with van der Waals surface area (Å²) in [5, 5.41) is 9.16. The highest BCUT2D eigenvalue weighted by Crippen LogP contribution is 2.27. The molecular weight excluding hydrogens is 266 g/mol. The number of hydrogen-bond donors (Lipinski definition) is 3. The van der Waals surface area contributed by atoms with E-state index >= 15 is 0 Å². The number of carbonyl (C=O) groups is 2. The van der Waals surface area contributed by atoms with E-state index in [1.807, 2.05) is 25.1 Å². The summed E-state index contributed by atoms with van der Waals surface area (Å²) in [7, 11) is 0. The quantitative estimate of drug-likeness (QED) is 0.779. The molecule has 5 nitrogen and oxygen atoms in total. The van der Waals surface area contributed by atoms with Crippen molar-refractivity contribution in [2.75, 3.05) is 17.2 Å². The number of rotatable bonds is 2. The lowest BCUT2D eigenvalue weighted by Crippen LogP contribution is -2.54. The van der Waals surface area contributed by atoms with Crippen molar-refractivity contribution in [2.45, 2.75) is 44.6 Å². The van der Waals surface area contributed by atoms with E-state index in [4.69, 9.17) is 0 Å². The zero-order chi connectivity index (χ0) is 14.9. The number of piperidine rings is 1. The number of anilines is 2. The van der Waals surface area contributed by atoms with E-state index in [1.54, 1.807) is 0 Å². The van der Waals surface area contributed by atoms with Crippen molar-refractivity contribution in [3.05, 3.63) is 23.8 Å². The molecule has 0 aromatic heterocycles. The minimum atomic E-state index is -0.484. The molecule has 0 radical (unpaired) electrons. The summed E-state index contributed by atoms with van der Waals surface area (Å²) in [4.78, 5) is 23.8. The van der Waals surface area contributed by atoms with Gasteiger partial charge in [-0.1, -0.05) is 0 Å². The summed E-state index contributed by atoms with van der Waals surface area (Å²) in [5.74, 6) is 0.0696. The summed E-state index contributed by atoms with van der Waals surface area (Å²) in [6, 6.07) is 5.66. The van der Waals surface area contributed by atoms with Gasteiger partial charge < -0.3 is 16.0 Å². The fourth-order valence-electron chi connectivity index (χ4n) is 2.98. The van der Waals surface area contributed by atoms with Gasteiger partial charge >= 0.3 is 0 Å². The van der Waals surface area contributed by atoms with Crippen LogP contribution in [0, 0.1) is 0 Å². The first-order valence-electron chi connectivity index (χ1n) is 7.56. The lowest BCUT2D eigenvalue weighted by Gasteiger charge is -2.33. The number of carbonyl (C=O) groups excluding carboxylic acids is 2. The van der Waals surface area contributed by atoms with Gasteiger partial charge in [-0.2, -0.15) is 0 Å².